The van der Waals surface area contributed by atoms with Gasteiger partial charge in [0.1, 0.15) is 6.10 Å². The van der Waals surface area contributed by atoms with Crippen molar-refractivity contribution in [3.05, 3.63) is 0 Å². The molecule has 4 heteroatoms. The van der Waals surface area contributed by atoms with Gasteiger partial charge in [-0.2, -0.15) is 5.06 Å². The fourth-order valence-corrected chi connectivity index (χ4v) is 2.59. The molecule has 0 aliphatic carbocycles. The minimum Gasteiger partial charge on any atom is -0.462 e. The number of carbonyl (C=O) groups excluding carboxylic acids is 1. The quantitative estimate of drug-likeness (QED) is 0.734. The van der Waals surface area contributed by atoms with E-state index in [0.29, 0.717) is 12.8 Å². The average Bonchev–Trinajstić information content (AvgIpc) is 2.11. The highest BCUT2D eigenvalue weighted by Gasteiger charge is 2.46. The average molecular weight is 257 g/mol. The maximum atomic E-state index is 11.9. The number of hydrogen-bond donors (Lipinski definition) is 1. The molecular formula is C14H27NO3. The molecule has 0 aromatic rings. The minimum atomic E-state index is -0.482. The molecule has 0 amide bonds. The summed E-state index contributed by atoms with van der Waals surface area (Å²) in [6, 6.07) is 0. The molecule has 0 bridgehead atoms. The summed E-state index contributed by atoms with van der Waals surface area (Å²) in [5, 5.41) is 11.6. The first kappa shape index (κ1) is 15.4. The molecule has 1 saturated heterocycles. The first-order chi connectivity index (χ1) is 7.86. The highest BCUT2D eigenvalue weighted by Crippen LogP contribution is 2.38. The van der Waals surface area contributed by atoms with Gasteiger partial charge in [-0.25, -0.2) is 0 Å². The van der Waals surface area contributed by atoms with Crippen LogP contribution in [0.25, 0.3) is 0 Å². The van der Waals surface area contributed by atoms with Crippen LogP contribution in [0.3, 0.4) is 0 Å². The monoisotopic (exact) mass is 257 g/mol. The Morgan fingerprint density at radius 1 is 1.17 bits per heavy atom. The predicted molar refractivity (Wildman–Crippen MR) is 70.4 cm³/mol. The highest BCUT2D eigenvalue weighted by molar-refractivity contribution is 5.75. The summed E-state index contributed by atoms with van der Waals surface area (Å²) < 4.78 is 5.60. The number of carbonyl (C=O) groups is 1. The van der Waals surface area contributed by atoms with Gasteiger partial charge in [-0.15, -0.1) is 0 Å². The summed E-state index contributed by atoms with van der Waals surface area (Å²) in [6.07, 6.45) is 1.16. The fraction of sp³-hybridized carbons (Fsp3) is 0.929. The van der Waals surface area contributed by atoms with Gasteiger partial charge in [0.15, 0.2) is 0 Å². The Morgan fingerprint density at radius 3 is 1.89 bits per heavy atom. The lowest BCUT2D eigenvalue weighted by Gasteiger charge is -2.51. The second kappa shape index (κ2) is 4.49. The zero-order chi connectivity index (χ0) is 14.4. The van der Waals surface area contributed by atoms with Gasteiger partial charge in [0, 0.05) is 23.9 Å². The molecule has 106 valence electrons. The largest absolute Gasteiger partial charge is 0.462 e. The molecule has 1 rings (SSSR count). The molecule has 0 aromatic carbocycles. The summed E-state index contributed by atoms with van der Waals surface area (Å²) in [4.78, 5) is 11.9. The van der Waals surface area contributed by atoms with Crippen LogP contribution in [0.5, 0.6) is 0 Å². The molecule has 1 aliphatic rings. The molecule has 1 fully saturated rings. The van der Waals surface area contributed by atoms with Gasteiger partial charge in [-0.3, -0.25) is 4.79 Å². The highest BCUT2D eigenvalue weighted by atomic mass is 16.5. The van der Waals surface area contributed by atoms with Crippen molar-refractivity contribution in [3.8, 4) is 0 Å². The Balaban J connectivity index is 2.79. The molecule has 18 heavy (non-hydrogen) atoms. The molecular weight excluding hydrogens is 230 g/mol. The van der Waals surface area contributed by atoms with E-state index in [2.05, 4.69) is 0 Å². The molecule has 4 nitrogen and oxygen atoms in total. The molecule has 0 aromatic heterocycles. The van der Waals surface area contributed by atoms with Crippen molar-refractivity contribution in [1.82, 2.24) is 5.06 Å². The van der Waals surface area contributed by atoms with E-state index in [9.17, 15) is 10.0 Å². The molecule has 0 atom stereocenters. The topological polar surface area (TPSA) is 49.8 Å². The van der Waals surface area contributed by atoms with Crippen molar-refractivity contribution < 1.29 is 14.7 Å². The maximum absolute atomic E-state index is 11.9. The summed E-state index contributed by atoms with van der Waals surface area (Å²) in [5.41, 5.74) is -1.25. The second-order valence-corrected chi connectivity index (χ2v) is 7.62. The Hall–Kier alpha value is -0.610. The second-order valence-electron chi connectivity index (χ2n) is 7.62. The lowest BCUT2D eigenvalue weighted by Crippen LogP contribution is -2.60. The van der Waals surface area contributed by atoms with Crippen LogP contribution in [0.4, 0.5) is 0 Å². The first-order valence-electron chi connectivity index (χ1n) is 6.56. The van der Waals surface area contributed by atoms with Crippen molar-refractivity contribution in [2.75, 3.05) is 0 Å². The molecule has 1 heterocycles. The molecule has 0 saturated carbocycles. The fourth-order valence-electron chi connectivity index (χ4n) is 2.59. The van der Waals surface area contributed by atoms with Crippen molar-refractivity contribution in [2.45, 2.75) is 78.5 Å². The predicted octanol–water partition coefficient (Wildman–Crippen LogP) is 2.99. The van der Waals surface area contributed by atoms with E-state index < -0.39 is 5.41 Å². The number of rotatable bonds is 1. The van der Waals surface area contributed by atoms with Crippen LogP contribution in [0.15, 0.2) is 0 Å². The third-order valence-electron chi connectivity index (χ3n) is 3.49. The Bertz CT molecular complexity index is 310. The number of nitrogens with zero attached hydrogens (tertiary/aromatic N) is 1. The van der Waals surface area contributed by atoms with Gasteiger partial charge in [0.25, 0.3) is 0 Å². The van der Waals surface area contributed by atoms with E-state index in [1.807, 2.05) is 48.5 Å². The van der Waals surface area contributed by atoms with E-state index in [1.165, 1.54) is 5.06 Å². The Morgan fingerprint density at radius 2 is 1.56 bits per heavy atom. The summed E-state index contributed by atoms with van der Waals surface area (Å²) >= 11 is 0. The number of esters is 1. The van der Waals surface area contributed by atoms with Crippen LogP contribution in [-0.4, -0.2) is 33.4 Å². The van der Waals surface area contributed by atoms with E-state index in [-0.39, 0.29) is 23.2 Å². The zero-order valence-electron chi connectivity index (χ0n) is 12.7. The Kier molecular flexibility index (Phi) is 3.86. The molecule has 0 radical (unpaired) electrons. The van der Waals surface area contributed by atoms with E-state index in [1.54, 1.807) is 0 Å². The number of piperidine rings is 1. The van der Waals surface area contributed by atoms with E-state index in [0.717, 1.165) is 0 Å². The number of hydrogen-bond acceptors (Lipinski definition) is 4. The van der Waals surface area contributed by atoms with Crippen LogP contribution >= 0.6 is 0 Å². The van der Waals surface area contributed by atoms with Crippen LogP contribution in [0, 0.1) is 5.41 Å². The Labute approximate surface area is 110 Å². The normalized spacial score (nSPS) is 24.9. The van der Waals surface area contributed by atoms with Gasteiger partial charge in [0.05, 0.1) is 5.41 Å². The van der Waals surface area contributed by atoms with Gasteiger partial charge in [0.2, 0.25) is 0 Å². The summed E-state index contributed by atoms with van der Waals surface area (Å²) in [7, 11) is 0. The van der Waals surface area contributed by atoms with Gasteiger partial charge in [-0.1, -0.05) is 0 Å². The van der Waals surface area contributed by atoms with Crippen LogP contribution in [-0.2, 0) is 9.53 Å². The molecule has 1 N–H and O–H groups in total. The van der Waals surface area contributed by atoms with Crippen molar-refractivity contribution >= 4 is 5.97 Å². The smallest absolute Gasteiger partial charge is 0.311 e. The van der Waals surface area contributed by atoms with Crippen molar-refractivity contribution in [2.24, 2.45) is 5.41 Å². The minimum absolute atomic E-state index is 0.134. The molecule has 0 spiro atoms. The van der Waals surface area contributed by atoms with Crippen molar-refractivity contribution in [3.63, 3.8) is 0 Å². The maximum Gasteiger partial charge on any atom is 0.311 e. The van der Waals surface area contributed by atoms with Crippen LogP contribution in [0.1, 0.15) is 61.3 Å². The third-order valence-corrected chi connectivity index (χ3v) is 3.49. The lowest BCUT2D eigenvalue weighted by atomic mass is 9.80. The van der Waals surface area contributed by atoms with E-state index >= 15 is 0 Å². The standard InChI is InChI=1S/C14H27NO3/c1-12(2,3)11(16)18-10-8-13(4,5)15(17)14(6,7)9-10/h10,17H,8-9H2,1-7H3. The van der Waals surface area contributed by atoms with Crippen LogP contribution in [0.2, 0.25) is 0 Å². The van der Waals surface area contributed by atoms with E-state index in [4.69, 9.17) is 4.74 Å². The third kappa shape index (κ3) is 3.23. The van der Waals surface area contributed by atoms with Crippen molar-refractivity contribution in [1.29, 1.82) is 0 Å². The zero-order valence-corrected chi connectivity index (χ0v) is 12.7. The summed E-state index contributed by atoms with van der Waals surface area (Å²) in [5.74, 6) is -0.175. The van der Waals surface area contributed by atoms with Crippen LogP contribution < -0.4 is 0 Å². The SMILES string of the molecule is CC(C)(C)C(=O)OC1CC(C)(C)N(O)C(C)(C)C1. The van der Waals surface area contributed by atoms with Gasteiger partial charge in [-0.05, 0) is 48.5 Å². The first-order valence-corrected chi connectivity index (χ1v) is 6.56. The molecule has 0 unspecified atom stereocenters. The van der Waals surface area contributed by atoms with Gasteiger partial charge < -0.3 is 9.94 Å². The molecule has 1 aliphatic heterocycles. The summed E-state index contributed by atoms with van der Waals surface area (Å²) in [6.45, 7) is 13.4. The van der Waals surface area contributed by atoms with Gasteiger partial charge >= 0.3 is 5.97 Å². The lowest BCUT2D eigenvalue weighted by molar-refractivity contribution is -0.260. The number of ether oxygens (including phenoxy) is 1. The number of hydroxylamine groups is 2.